The van der Waals surface area contributed by atoms with Crippen molar-refractivity contribution in [1.82, 2.24) is 9.03 Å². The number of carbonyl (C=O) groups is 1. The number of carboxylic acids is 1. The predicted octanol–water partition coefficient (Wildman–Crippen LogP) is 0.562. The van der Waals surface area contributed by atoms with Crippen molar-refractivity contribution in [3.63, 3.8) is 0 Å². The number of nitrogens with zero attached hydrogens (tertiary/aromatic N) is 1. The average molecular weight is 288 g/mol. The summed E-state index contributed by atoms with van der Waals surface area (Å²) in [5.74, 6) is 1.31. The molecular formula is C12H20N2O4S. The van der Waals surface area contributed by atoms with Crippen molar-refractivity contribution in [2.75, 3.05) is 6.54 Å². The average Bonchev–Trinajstić information content (AvgIpc) is 2.38. The zero-order valence-electron chi connectivity index (χ0n) is 11.0. The van der Waals surface area contributed by atoms with Crippen LogP contribution in [0.2, 0.25) is 0 Å². The summed E-state index contributed by atoms with van der Waals surface area (Å²) in [6, 6.07) is -1.33. The van der Waals surface area contributed by atoms with Crippen molar-refractivity contribution >= 4 is 16.2 Å². The molecule has 0 bridgehead atoms. The highest BCUT2D eigenvalue weighted by atomic mass is 32.2. The monoisotopic (exact) mass is 288 g/mol. The number of piperidine rings is 1. The maximum Gasteiger partial charge on any atom is 0.322 e. The molecule has 0 aromatic rings. The van der Waals surface area contributed by atoms with Crippen LogP contribution in [-0.4, -0.2) is 42.4 Å². The molecular weight excluding hydrogens is 268 g/mol. The van der Waals surface area contributed by atoms with E-state index >= 15 is 0 Å². The molecule has 2 N–H and O–H groups in total. The molecule has 0 aromatic heterocycles. The van der Waals surface area contributed by atoms with Gasteiger partial charge in [-0.1, -0.05) is 6.92 Å². The van der Waals surface area contributed by atoms with Crippen LogP contribution in [0.5, 0.6) is 0 Å². The van der Waals surface area contributed by atoms with Gasteiger partial charge in [0, 0.05) is 19.0 Å². The first-order chi connectivity index (χ1) is 8.92. The van der Waals surface area contributed by atoms with E-state index in [9.17, 15) is 13.2 Å². The number of hydrogen-bond acceptors (Lipinski definition) is 3. The summed E-state index contributed by atoms with van der Waals surface area (Å²) in [5.41, 5.74) is 0. The van der Waals surface area contributed by atoms with Crippen LogP contribution in [0.15, 0.2) is 0 Å². The second-order valence-electron chi connectivity index (χ2n) is 4.60. The first-order valence-electron chi connectivity index (χ1n) is 6.37. The van der Waals surface area contributed by atoms with Crippen LogP contribution in [0.1, 0.15) is 39.0 Å². The Labute approximate surface area is 114 Å². The molecule has 19 heavy (non-hydrogen) atoms. The highest BCUT2D eigenvalue weighted by molar-refractivity contribution is 7.87. The van der Waals surface area contributed by atoms with Gasteiger partial charge in [0.15, 0.2) is 0 Å². The fourth-order valence-corrected chi connectivity index (χ4v) is 3.84. The van der Waals surface area contributed by atoms with Crippen LogP contribution in [-0.2, 0) is 15.0 Å². The Bertz CT molecular complexity index is 455. The number of aliphatic carboxylic acids is 1. The summed E-state index contributed by atoms with van der Waals surface area (Å²) in [6.07, 6.45) is 7.80. The fraction of sp³-hybridized carbons (Fsp3) is 0.750. The van der Waals surface area contributed by atoms with Gasteiger partial charge in [0.2, 0.25) is 0 Å². The molecule has 1 heterocycles. The number of nitrogens with one attached hydrogen (secondary N) is 1. The van der Waals surface area contributed by atoms with Crippen LogP contribution in [0.25, 0.3) is 0 Å². The summed E-state index contributed by atoms with van der Waals surface area (Å²) >= 11 is 0. The maximum absolute atomic E-state index is 12.2. The quantitative estimate of drug-likeness (QED) is 0.699. The van der Waals surface area contributed by atoms with Gasteiger partial charge in [-0.25, -0.2) is 0 Å². The highest BCUT2D eigenvalue weighted by Gasteiger charge is 2.37. The summed E-state index contributed by atoms with van der Waals surface area (Å²) in [6.45, 7) is 2.06. The minimum atomic E-state index is -3.80. The second-order valence-corrected chi connectivity index (χ2v) is 6.25. The minimum absolute atomic E-state index is 0.235. The molecule has 0 aromatic carbocycles. The largest absolute Gasteiger partial charge is 0.480 e. The molecule has 6 nitrogen and oxygen atoms in total. The van der Waals surface area contributed by atoms with Gasteiger partial charge in [0.05, 0.1) is 0 Å². The van der Waals surface area contributed by atoms with E-state index < -0.39 is 22.2 Å². The van der Waals surface area contributed by atoms with E-state index in [2.05, 4.69) is 10.6 Å². The molecule has 0 amide bonds. The van der Waals surface area contributed by atoms with Crippen molar-refractivity contribution in [1.29, 1.82) is 0 Å². The van der Waals surface area contributed by atoms with Crippen molar-refractivity contribution < 1.29 is 18.3 Å². The van der Waals surface area contributed by atoms with Gasteiger partial charge >= 0.3 is 5.97 Å². The number of hydrogen-bond donors (Lipinski definition) is 2. The lowest BCUT2D eigenvalue weighted by molar-refractivity contribution is -0.142. The van der Waals surface area contributed by atoms with Gasteiger partial charge < -0.3 is 5.11 Å². The molecule has 1 rings (SSSR count). The second kappa shape index (κ2) is 6.89. The summed E-state index contributed by atoms with van der Waals surface area (Å²) in [4.78, 5) is 11.1. The molecule has 1 aliphatic rings. The van der Waals surface area contributed by atoms with Crippen LogP contribution in [0.4, 0.5) is 0 Å². The van der Waals surface area contributed by atoms with Gasteiger partial charge in [-0.3, -0.25) is 4.79 Å². The fourth-order valence-electron chi connectivity index (χ4n) is 2.13. The van der Waals surface area contributed by atoms with Crippen LogP contribution in [0.3, 0.4) is 0 Å². The first kappa shape index (κ1) is 16.0. The molecule has 2 atom stereocenters. The van der Waals surface area contributed by atoms with Gasteiger partial charge in [-0.05, 0) is 25.7 Å². The third kappa shape index (κ3) is 4.20. The lowest BCUT2D eigenvalue weighted by Crippen LogP contribution is -2.53. The Balaban J connectivity index is 2.85. The van der Waals surface area contributed by atoms with Gasteiger partial charge in [0.1, 0.15) is 6.04 Å². The van der Waals surface area contributed by atoms with E-state index in [1.54, 1.807) is 0 Å². The summed E-state index contributed by atoms with van der Waals surface area (Å²) in [5, 5.41) is 9.10. The predicted molar refractivity (Wildman–Crippen MR) is 71.6 cm³/mol. The zero-order chi connectivity index (χ0) is 14.5. The normalized spacial score (nSPS) is 22.6. The Morgan fingerprint density at radius 3 is 2.79 bits per heavy atom. The van der Waals surface area contributed by atoms with E-state index in [-0.39, 0.29) is 12.6 Å². The van der Waals surface area contributed by atoms with E-state index in [0.29, 0.717) is 25.7 Å². The minimum Gasteiger partial charge on any atom is -0.480 e. The molecule has 0 aliphatic carbocycles. The molecule has 1 saturated heterocycles. The molecule has 1 fully saturated rings. The smallest absolute Gasteiger partial charge is 0.322 e. The number of terminal acetylenes is 1. The molecule has 0 saturated carbocycles. The Hall–Kier alpha value is -1.10. The molecule has 0 radical (unpaired) electrons. The van der Waals surface area contributed by atoms with Crippen LogP contribution in [0, 0.1) is 12.3 Å². The molecule has 108 valence electrons. The van der Waals surface area contributed by atoms with Gasteiger partial charge in [-0.2, -0.15) is 17.4 Å². The Kier molecular flexibility index (Phi) is 5.79. The van der Waals surface area contributed by atoms with Crippen LogP contribution < -0.4 is 4.72 Å². The maximum atomic E-state index is 12.2. The van der Waals surface area contributed by atoms with E-state index in [1.165, 1.54) is 0 Å². The first-order valence-corrected chi connectivity index (χ1v) is 7.81. The number of rotatable bonds is 6. The van der Waals surface area contributed by atoms with Crippen molar-refractivity contribution in [2.45, 2.75) is 51.1 Å². The third-order valence-electron chi connectivity index (χ3n) is 3.22. The lowest BCUT2D eigenvalue weighted by atomic mass is 10.1. The van der Waals surface area contributed by atoms with Crippen molar-refractivity contribution in [3.8, 4) is 12.3 Å². The van der Waals surface area contributed by atoms with Crippen molar-refractivity contribution in [3.05, 3.63) is 0 Å². The molecule has 0 spiro atoms. The highest BCUT2D eigenvalue weighted by Crippen LogP contribution is 2.20. The lowest BCUT2D eigenvalue weighted by Gasteiger charge is -2.32. The molecule has 2 unspecified atom stereocenters. The standard InChI is InChI=1S/C12H20N2O4S/c1-3-7-10(4-2)13-19(17,18)14-9-6-5-8-11(14)12(15)16/h1,10-11,13H,4-9H2,2H3,(H,15,16). The van der Waals surface area contributed by atoms with Gasteiger partial charge in [-0.15, -0.1) is 12.3 Å². The van der Waals surface area contributed by atoms with Gasteiger partial charge in [0.25, 0.3) is 10.2 Å². The molecule has 1 aliphatic heterocycles. The Morgan fingerprint density at radius 1 is 1.58 bits per heavy atom. The van der Waals surface area contributed by atoms with E-state index in [4.69, 9.17) is 11.5 Å². The summed E-state index contributed by atoms with van der Waals surface area (Å²) < 4.78 is 28.0. The molecule has 7 heteroatoms. The number of carboxylic acid groups (broad SMARTS) is 1. The zero-order valence-corrected chi connectivity index (χ0v) is 11.8. The third-order valence-corrected chi connectivity index (χ3v) is 4.91. The van der Waals surface area contributed by atoms with Crippen LogP contribution >= 0.6 is 0 Å². The van der Waals surface area contributed by atoms with E-state index in [0.717, 1.165) is 10.7 Å². The topological polar surface area (TPSA) is 86.7 Å². The van der Waals surface area contributed by atoms with E-state index in [1.807, 2.05) is 6.92 Å². The Morgan fingerprint density at radius 2 is 2.26 bits per heavy atom. The SMILES string of the molecule is C#CCC(CC)NS(=O)(=O)N1CCCCC1C(=O)O. The summed E-state index contributed by atoms with van der Waals surface area (Å²) in [7, 11) is -3.80. The van der Waals surface area contributed by atoms with Crippen molar-refractivity contribution in [2.24, 2.45) is 0 Å².